The van der Waals surface area contributed by atoms with Gasteiger partial charge in [-0.05, 0) is 43.5 Å². The van der Waals surface area contributed by atoms with E-state index < -0.39 is 0 Å². The van der Waals surface area contributed by atoms with Crippen molar-refractivity contribution < 1.29 is 14.6 Å². The van der Waals surface area contributed by atoms with Crippen molar-refractivity contribution in [2.24, 2.45) is 0 Å². The number of fused-ring (bicyclic) bond motifs is 1. The Bertz CT molecular complexity index is 481. The predicted molar refractivity (Wildman–Crippen MR) is 82.1 cm³/mol. The third kappa shape index (κ3) is 3.44. The van der Waals surface area contributed by atoms with Crippen molar-refractivity contribution in [2.75, 3.05) is 26.5 Å². The van der Waals surface area contributed by atoms with Gasteiger partial charge < -0.3 is 14.6 Å². The monoisotopic (exact) mass is 311 g/mol. The van der Waals surface area contributed by atoms with Gasteiger partial charge in [-0.1, -0.05) is 12.5 Å². The normalized spacial score (nSPS) is 23.2. The molecule has 1 aromatic carbocycles. The predicted octanol–water partition coefficient (Wildman–Crippen LogP) is 2.93. The summed E-state index contributed by atoms with van der Waals surface area (Å²) in [6.07, 6.45) is 4.46. The van der Waals surface area contributed by atoms with E-state index in [0.29, 0.717) is 6.04 Å². The van der Waals surface area contributed by atoms with Crippen LogP contribution in [0, 0.1) is 0 Å². The maximum Gasteiger partial charge on any atom is 0.231 e. The average Bonchev–Trinajstić information content (AvgIpc) is 2.97. The molecule has 0 radical (unpaired) electrons. The molecule has 0 aliphatic carbocycles. The summed E-state index contributed by atoms with van der Waals surface area (Å²) in [4.78, 5) is 2.42. The fourth-order valence-electron chi connectivity index (χ4n) is 3.20. The second-order valence-electron chi connectivity index (χ2n) is 5.74. The molecular formula is C16H22ClNO3. The number of nitrogens with zero attached hydrogens (tertiary/aromatic N) is 1. The van der Waals surface area contributed by atoms with Crippen LogP contribution < -0.4 is 9.47 Å². The first-order chi connectivity index (χ1) is 10.3. The highest BCUT2D eigenvalue weighted by molar-refractivity contribution is 6.21. The van der Waals surface area contributed by atoms with Crippen molar-refractivity contribution in [3.8, 4) is 11.5 Å². The molecule has 5 heteroatoms. The number of ether oxygens (including phenoxy) is 2. The summed E-state index contributed by atoms with van der Waals surface area (Å²) in [7, 11) is 0. The second kappa shape index (κ2) is 6.86. The SMILES string of the molecule is OCCC1CCCCN1CC(Cl)c1ccc2c(c1)OCO2. The van der Waals surface area contributed by atoms with Crippen molar-refractivity contribution >= 4 is 11.6 Å². The summed E-state index contributed by atoms with van der Waals surface area (Å²) >= 11 is 6.61. The quantitative estimate of drug-likeness (QED) is 0.849. The Morgan fingerprint density at radius 2 is 2.14 bits per heavy atom. The molecule has 2 heterocycles. The molecule has 0 amide bonds. The van der Waals surface area contributed by atoms with Crippen molar-refractivity contribution in [2.45, 2.75) is 37.1 Å². The van der Waals surface area contributed by atoms with Gasteiger partial charge in [0.25, 0.3) is 0 Å². The van der Waals surface area contributed by atoms with Crippen LogP contribution >= 0.6 is 11.6 Å². The van der Waals surface area contributed by atoms with Crippen LogP contribution in [-0.4, -0.2) is 42.5 Å². The van der Waals surface area contributed by atoms with Crippen LogP contribution in [0.5, 0.6) is 11.5 Å². The molecule has 2 unspecified atom stereocenters. The highest BCUT2D eigenvalue weighted by Gasteiger charge is 2.25. The maximum atomic E-state index is 9.20. The summed E-state index contributed by atoms with van der Waals surface area (Å²) in [5.41, 5.74) is 1.06. The second-order valence-corrected chi connectivity index (χ2v) is 6.26. The first-order valence-electron chi connectivity index (χ1n) is 7.66. The Hall–Kier alpha value is -0.970. The van der Waals surface area contributed by atoms with Gasteiger partial charge in [-0.2, -0.15) is 0 Å². The standard InChI is InChI=1S/C16H22ClNO3/c17-14(10-18-7-2-1-3-13(18)6-8-19)12-4-5-15-16(9-12)21-11-20-15/h4-5,9,13-14,19H,1-3,6-8,10-11H2. The number of benzene rings is 1. The number of likely N-dealkylation sites (tertiary alicyclic amines) is 1. The van der Waals surface area contributed by atoms with E-state index in [9.17, 15) is 5.11 Å². The van der Waals surface area contributed by atoms with E-state index in [0.717, 1.165) is 43.0 Å². The molecule has 2 aliphatic rings. The molecule has 1 N–H and O–H groups in total. The van der Waals surface area contributed by atoms with E-state index in [4.69, 9.17) is 21.1 Å². The zero-order valence-electron chi connectivity index (χ0n) is 12.1. The van der Waals surface area contributed by atoms with Crippen LogP contribution in [0.4, 0.5) is 0 Å². The lowest BCUT2D eigenvalue weighted by Gasteiger charge is -2.36. The summed E-state index contributed by atoms with van der Waals surface area (Å²) < 4.78 is 10.7. The number of piperidine rings is 1. The smallest absolute Gasteiger partial charge is 0.231 e. The highest BCUT2D eigenvalue weighted by atomic mass is 35.5. The van der Waals surface area contributed by atoms with Gasteiger partial charge in [0.05, 0.1) is 5.38 Å². The summed E-state index contributed by atoms with van der Waals surface area (Å²) in [5, 5.41) is 9.13. The Labute approximate surface area is 130 Å². The molecule has 2 atom stereocenters. The molecular weight excluding hydrogens is 290 g/mol. The van der Waals surface area contributed by atoms with E-state index in [1.807, 2.05) is 18.2 Å². The van der Waals surface area contributed by atoms with Gasteiger partial charge in [-0.3, -0.25) is 4.90 Å². The number of hydrogen-bond acceptors (Lipinski definition) is 4. The fourth-order valence-corrected chi connectivity index (χ4v) is 3.51. The summed E-state index contributed by atoms with van der Waals surface area (Å²) in [5.74, 6) is 1.57. The average molecular weight is 312 g/mol. The Morgan fingerprint density at radius 3 is 3.00 bits per heavy atom. The zero-order valence-corrected chi connectivity index (χ0v) is 12.9. The molecule has 0 saturated carbocycles. The van der Waals surface area contributed by atoms with Crippen LogP contribution in [0.2, 0.25) is 0 Å². The van der Waals surface area contributed by atoms with Crippen LogP contribution in [0.25, 0.3) is 0 Å². The molecule has 1 fully saturated rings. The Balaban J connectivity index is 1.65. The van der Waals surface area contributed by atoms with Gasteiger partial charge >= 0.3 is 0 Å². The lowest BCUT2D eigenvalue weighted by Crippen LogP contribution is -2.41. The van der Waals surface area contributed by atoms with Crippen LogP contribution in [-0.2, 0) is 0 Å². The molecule has 0 aromatic heterocycles. The summed E-state index contributed by atoms with van der Waals surface area (Å²) in [6.45, 7) is 2.42. The van der Waals surface area contributed by atoms with Crippen LogP contribution in [0.3, 0.4) is 0 Å². The third-order valence-electron chi connectivity index (χ3n) is 4.36. The van der Waals surface area contributed by atoms with Gasteiger partial charge in [0.15, 0.2) is 11.5 Å². The van der Waals surface area contributed by atoms with Crippen LogP contribution in [0.1, 0.15) is 36.6 Å². The van der Waals surface area contributed by atoms with Gasteiger partial charge in [0, 0.05) is 19.2 Å². The largest absolute Gasteiger partial charge is 0.454 e. The molecule has 3 rings (SSSR count). The lowest BCUT2D eigenvalue weighted by molar-refractivity contribution is 0.119. The maximum absolute atomic E-state index is 9.20. The molecule has 1 saturated heterocycles. The Kier molecular flexibility index (Phi) is 4.88. The van der Waals surface area contributed by atoms with E-state index in [1.165, 1.54) is 12.8 Å². The highest BCUT2D eigenvalue weighted by Crippen LogP contribution is 2.36. The fraction of sp³-hybridized carbons (Fsp3) is 0.625. The van der Waals surface area contributed by atoms with Crippen molar-refractivity contribution in [3.63, 3.8) is 0 Å². The number of aliphatic hydroxyl groups is 1. The van der Waals surface area contributed by atoms with Gasteiger partial charge in [-0.25, -0.2) is 0 Å². The van der Waals surface area contributed by atoms with Crippen LogP contribution in [0.15, 0.2) is 18.2 Å². The molecule has 1 aromatic rings. The third-order valence-corrected chi connectivity index (χ3v) is 4.75. The zero-order chi connectivity index (χ0) is 14.7. The Morgan fingerprint density at radius 1 is 1.29 bits per heavy atom. The number of rotatable bonds is 5. The minimum absolute atomic E-state index is 0.0706. The first-order valence-corrected chi connectivity index (χ1v) is 8.10. The van der Waals surface area contributed by atoms with Crippen molar-refractivity contribution in [1.29, 1.82) is 0 Å². The number of alkyl halides is 1. The van der Waals surface area contributed by atoms with Gasteiger partial charge in [0.2, 0.25) is 6.79 Å². The first kappa shape index (κ1) is 14.9. The van der Waals surface area contributed by atoms with Crippen molar-refractivity contribution in [1.82, 2.24) is 4.90 Å². The van der Waals surface area contributed by atoms with E-state index in [2.05, 4.69) is 4.90 Å². The van der Waals surface area contributed by atoms with E-state index in [1.54, 1.807) is 0 Å². The van der Waals surface area contributed by atoms with Crippen molar-refractivity contribution in [3.05, 3.63) is 23.8 Å². The number of hydrogen-bond donors (Lipinski definition) is 1. The number of aliphatic hydroxyl groups excluding tert-OH is 1. The minimum atomic E-state index is -0.0706. The molecule has 2 aliphatic heterocycles. The van der Waals surface area contributed by atoms with Gasteiger partial charge in [-0.15, -0.1) is 11.6 Å². The number of halogens is 1. The van der Waals surface area contributed by atoms with E-state index in [-0.39, 0.29) is 18.8 Å². The molecule has 0 spiro atoms. The summed E-state index contributed by atoms with van der Waals surface area (Å²) in [6, 6.07) is 6.37. The molecule has 116 valence electrons. The molecule has 21 heavy (non-hydrogen) atoms. The van der Waals surface area contributed by atoms with Gasteiger partial charge in [0.1, 0.15) is 0 Å². The molecule has 0 bridgehead atoms. The van der Waals surface area contributed by atoms with E-state index >= 15 is 0 Å². The molecule has 4 nitrogen and oxygen atoms in total. The minimum Gasteiger partial charge on any atom is -0.454 e. The lowest BCUT2D eigenvalue weighted by atomic mass is 9.98. The topological polar surface area (TPSA) is 41.9 Å².